The maximum Gasteiger partial charge on any atom is 0.340 e. The number of benzene rings is 1. The molecule has 2 fully saturated rings. The summed E-state index contributed by atoms with van der Waals surface area (Å²) in [6.45, 7) is 0.716. The van der Waals surface area contributed by atoms with E-state index in [-0.39, 0.29) is 11.5 Å². The fourth-order valence-electron chi connectivity index (χ4n) is 6.29. The molecule has 1 amide bonds. The van der Waals surface area contributed by atoms with Gasteiger partial charge in [-0.15, -0.1) is 0 Å². The summed E-state index contributed by atoms with van der Waals surface area (Å²) in [5, 5.41) is 3.03. The largest absolute Gasteiger partial charge is 0.465 e. The maximum atomic E-state index is 12.7. The Kier molecular flexibility index (Phi) is 5.72. The van der Waals surface area contributed by atoms with Crippen LogP contribution in [0.15, 0.2) is 24.3 Å². The molecule has 2 aliphatic carbocycles. The number of carbonyl (C=O) groups is 3. The number of amides is 1. The number of esters is 2. The molecule has 33 heavy (non-hydrogen) atoms. The first kappa shape index (κ1) is 21.7. The molecule has 2 saturated carbocycles. The summed E-state index contributed by atoms with van der Waals surface area (Å²) < 4.78 is 12.0. The topological polar surface area (TPSA) is 86.6 Å². The van der Waals surface area contributed by atoms with Crippen LogP contribution in [0.2, 0.25) is 0 Å². The first-order chi connectivity index (χ1) is 16.0. The number of anilines is 1. The van der Waals surface area contributed by atoms with E-state index < -0.39 is 11.9 Å². The van der Waals surface area contributed by atoms with Gasteiger partial charge in [0.1, 0.15) is 5.56 Å². The first-order valence-corrected chi connectivity index (χ1v) is 11.8. The van der Waals surface area contributed by atoms with Crippen molar-refractivity contribution in [3.63, 3.8) is 0 Å². The van der Waals surface area contributed by atoms with Crippen LogP contribution in [-0.2, 0) is 27.2 Å². The molecule has 0 spiro atoms. The van der Waals surface area contributed by atoms with Crippen LogP contribution in [0.25, 0.3) is 11.3 Å². The Hall–Kier alpha value is -3.09. The summed E-state index contributed by atoms with van der Waals surface area (Å²) in [5.74, 6) is 1.04. The highest BCUT2D eigenvalue weighted by Crippen LogP contribution is 2.49. The van der Waals surface area contributed by atoms with E-state index in [0.717, 1.165) is 35.2 Å². The van der Waals surface area contributed by atoms with E-state index in [1.807, 2.05) is 28.8 Å². The van der Waals surface area contributed by atoms with E-state index in [2.05, 4.69) is 5.32 Å². The molecule has 174 valence electrons. The minimum absolute atomic E-state index is 0.0621. The lowest BCUT2D eigenvalue weighted by molar-refractivity contribution is -0.117. The Bertz CT molecular complexity index is 1100. The average Bonchev–Trinajstić information content (AvgIpc) is 3.59. The number of rotatable bonds is 6. The molecule has 2 bridgehead atoms. The third-order valence-corrected chi connectivity index (χ3v) is 7.72. The predicted molar refractivity (Wildman–Crippen MR) is 123 cm³/mol. The number of carbonyl (C=O) groups excluding carboxylic acids is 3. The zero-order chi connectivity index (χ0) is 23.1. The smallest absolute Gasteiger partial charge is 0.340 e. The normalized spacial score (nSPS) is 22.8. The second-order valence-corrected chi connectivity index (χ2v) is 9.55. The van der Waals surface area contributed by atoms with Crippen molar-refractivity contribution in [1.82, 2.24) is 4.57 Å². The maximum absolute atomic E-state index is 12.7. The van der Waals surface area contributed by atoms with E-state index >= 15 is 0 Å². The molecular weight excluding hydrogens is 420 g/mol. The molecule has 2 aromatic rings. The van der Waals surface area contributed by atoms with Gasteiger partial charge >= 0.3 is 11.9 Å². The van der Waals surface area contributed by atoms with E-state index in [9.17, 15) is 14.4 Å². The van der Waals surface area contributed by atoms with Gasteiger partial charge in [-0.05, 0) is 67.6 Å². The van der Waals surface area contributed by atoms with E-state index in [4.69, 9.17) is 9.47 Å². The molecule has 7 heteroatoms. The van der Waals surface area contributed by atoms with Crippen LogP contribution >= 0.6 is 0 Å². The Balaban J connectivity index is 1.39. The highest BCUT2D eigenvalue weighted by atomic mass is 16.5. The lowest BCUT2D eigenvalue weighted by Gasteiger charge is -2.21. The molecular formula is C26H30N2O5. The van der Waals surface area contributed by atoms with Gasteiger partial charge < -0.3 is 19.4 Å². The fourth-order valence-corrected chi connectivity index (χ4v) is 6.29. The monoisotopic (exact) mass is 450 g/mol. The zero-order valence-electron chi connectivity index (χ0n) is 19.2. The van der Waals surface area contributed by atoms with Gasteiger partial charge in [-0.25, -0.2) is 9.59 Å². The minimum atomic E-state index is -0.560. The third-order valence-electron chi connectivity index (χ3n) is 7.72. The molecule has 1 N–H and O–H groups in total. The second-order valence-electron chi connectivity index (χ2n) is 9.55. The number of hydrogen-bond acceptors (Lipinski definition) is 5. The van der Waals surface area contributed by atoms with Crippen LogP contribution in [0.5, 0.6) is 0 Å². The summed E-state index contributed by atoms with van der Waals surface area (Å²) in [5.41, 5.74) is 3.52. The van der Waals surface area contributed by atoms with Gasteiger partial charge in [-0.2, -0.15) is 0 Å². The highest BCUT2D eigenvalue weighted by Gasteiger charge is 2.40. The van der Waals surface area contributed by atoms with Crippen molar-refractivity contribution in [3.05, 3.63) is 41.1 Å². The van der Waals surface area contributed by atoms with Gasteiger partial charge in [0, 0.05) is 24.3 Å². The number of nitrogens with zero attached hydrogens (tertiary/aromatic N) is 1. The van der Waals surface area contributed by atoms with Crippen molar-refractivity contribution >= 4 is 23.5 Å². The highest BCUT2D eigenvalue weighted by molar-refractivity contribution is 6.09. The number of aromatic nitrogens is 1. The number of methoxy groups -OCH3 is 2. The van der Waals surface area contributed by atoms with E-state index in [0.29, 0.717) is 36.6 Å². The number of hydrogen-bond donors (Lipinski definition) is 1. The van der Waals surface area contributed by atoms with Gasteiger partial charge in [-0.3, -0.25) is 4.79 Å². The Morgan fingerprint density at radius 3 is 2.36 bits per heavy atom. The van der Waals surface area contributed by atoms with Crippen LogP contribution in [0.1, 0.15) is 64.9 Å². The van der Waals surface area contributed by atoms with Crippen molar-refractivity contribution in [3.8, 4) is 11.3 Å². The quantitative estimate of drug-likeness (QED) is 0.658. The van der Waals surface area contributed by atoms with Crippen LogP contribution in [0.3, 0.4) is 0 Å². The summed E-state index contributed by atoms with van der Waals surface area (Å²) in [6, 6.07) is 7.45. The molecule has 1 aromatic heterocycles. The number of nitrogens with one attached hydrogen (secondary N) is 1. The molecule has 3 atom stereocenters. The van der Waals surface area contributed by atoms with E-state index in [1.165, 1.54) is 39.9 Å². The Labute approximate surface area is 193 Å². The summed E-state index contributed by atoms with van der Waals surface area (Å²) >= 11 is 0. The Morgan fingerprint density at radius 2 is 1.73 bits per heavy atom. The van der Waals surface area contributed by atoms with Gasteiger partial charge in [-0.1, -0.05) is 18.6 Å². The van der Waals surface area contributed by atoms with Crippen molar-refractivity contribution < 1.29 is 23.9 Å². The molecule has 0 saturated heterocycles. The van der Waals surface area contributed by atoms with Crippen LogP contribution < -0.4 is 5.32 Å². The van der Waals surface area contributed by atoms with Crippen molar-refractivity contribution in [2.24, 2.45) is 17.8 Å². The number of fused-ring (bicyclic) bond motifs is 3. The first-order valence-electron chi connectivity index (χ1n) is 11.8. The van der Waals surface area contributed by atoms with Crippen LogP contribution in [0, 0.1) is 17.8 Å². The molecule has 0 radical (unpaired) electrons. The number of ether oxygens (including phenoxy) is 2. The van der Waals surface area contributed by atoms with Crippen molar-refractivity contribution in [2.75, 3.05) is 19.5 Å². The zero-order valence-corrected chi connectivity index (χ0v) is 19.2. The van der Waals surface area contributed by atoms with Crippen molar-refractivity contribution in [2.45, 2.75) is 51.5 Å². The van der Waals surface area contributed by atoms with Crippen LogP contribution in [0.4, 0.5) is 5.69 Å². The van der Waals surface area contributed by atoms with Crippen LogP contribution in [-0.4, -0.2) is 36.6 Å². The standard InChI is InChI=1S/C26H30N2O5/c1-32-25(30)22-20-4-3-11-28(20)24(23(22)26(31)33-2)16-7-9-19(10-8-16)27-21(29)14-18-13-15-5-6-17(18)12-15/h7-10,15,17-18H,3-6,11-14H2,1-2H3,(H,27,29)/t15-,17-,18+/m0/s1. The molecule has 0 unspecified atom stereocenters. The summed E-state index contributed by atoms with van der Waals surface area (Å²) in [6.07, 6.45) is 7.27. The third kappa shape index (κ3) is 3.83. The van der Waals surface area contributed by atoms with Gasteiger partial charge in [0.2, 0.25) is 5.91 Å². The van der Waals surface area contributed by atoms with E-state index in [1.54, 1.807) is 0 Å². The molecule has 2 heterocycles. The lowest BCUT2D eigenvalue weighted by atomic mass is 9.86. The van der Waals surface area contributed by atoms with Gasteiger partial charge in [0.05, 0.1) is 25.5 Å². The van der Waals surface area contributed by atoms with Crippen molar-refractivity contribution in [1.29, 1.82) is 0 Å². The molecule has 1 aromatic carbocycles. The summed E-state index contributed by atoms with van der Waals surface area (Å²) in [7, 11) is 2.63. The average molecular weight is 451 g/mol. The fraction of sp³-hybridized carbons (Fsp3) is 0.500. The molecule has 7 nitrogen and oxygen atoms in total. The molecule has 3 aliphatic rings. The minimum Gasteiger partial charge on any atom is -0.465 e. The summed E-state index contributed by atoms with van der Waals surface area (Å²) in [4.78, 5) is 37.8. The second kappa shape index (κ2) is 8.69. The SMILES string of the molecule is COC(=O)c1c(C(=O)OC)c(-c2ccc(NC(=O)C[C@H]3C[C@H]4CC[C@H]3C4)cc2)n2c1CCC2. The molecule has 1 aliphatic heterocycles. The van der Waals surface area contributed by atoms with Gasteiger partial charge in [0.25, 0.3) is 0 Å². The predicted octanol–water partition coefficient (Wildman–Crippen LogP) is 4.44. The lowest BCUT2D eigenvalue weighted by Crippen LogP contribution is -2.20. The Morgan fingerprint density at radius 1 is 1.00 bits per heavy atom. The molecule has 5 rings (SSSR count). The van der Waals surface area contributed by atoms with Gasteiger partial charge in [0.15, 0.2) is 0 Å².